The fourth-order valence-corrected chi connectivity index (χ4v) is 8.63. The molecule has 5 heterocycles. The Balaban J connectivity index is 1.11. The fourth-order valence-electron chi connectivity index (χ4n) is 8.63. The predicted octanol–water partition coefficient (Wildman–Crippen LogP) is 3.97. The summed E-state index contributed by atoms with van der Waals surface area (Å²) < 4.78 is 76.7. The molecule has 5 fully saturated rings. The van der Waals surface area contributed by atoms with E-state index in [0.29, 0.717) is 39.1 Å². The number of ether oxygens (including phenoxy) is 3. The third-order valence-electron chi connectivity index (χ3n) is 11.9. The molecule has 2 N–H and O–H groups in total. The van der Waals surface area contributed by atoms with Crippen LogP contribution in [0.5, 0.6) is 5.75 Å². The second-order valence-electron chi connectivity index (χ2n) is 15.4. The van der Waals surface area contributed by atoms with Gasteiger partial charge >= 0.3 is 6.18 Å². The average molecular weight is 733 g/mol. The van der Waals surface area contributed by atoms with Gasteiger partial charge in [0, 0.05) is 44.4 Å². The predicted molar refractivity (Wildman–Crippen MR) is 177 cm³/mol. The molecule has 1 spiro atoms. The Hall–Kier alpha value is -3.76. The van der Waals surface area contributed by atoms with Gasteiger partial charge in [-0.15, -0.1) is 0 Å². The summed E-state index contributed by atoms with van der Waals surface area (Å²) in [7, 11) is 1.63. The molecule has 3 amide bonds. The van der Waals surface area contributed by atoms with Crippen LogP contribution in [-0.2, 0) is 26.1 Å². The van der Waals surface area contributed by atoms with E-state index < -0.39 is 66.2 Å². The van der Waals surface area contributed by atoms with Crippen LogP contribution in [0.25, 0.3) is 0 Å². The number of hydrogen-bond acceptors (Lipinski definition) is 8. The number of nitrogens with zero attached hydrogens (tertiary/aromatic N) is 4. The van der Waals surface area contributed by atoms with Crippen molar-refractivity contribution in [2.45, 2.75) is 94.0 Å². The van der Waals surface area contributed by atoms with Crippen LogP contribution in [0.2, 0.25) is 0 Å². The number of likely N-dealkylation sites (tertiary alicyclic amines) is 1. The molecule has 12 nitrogen and oxygen atoms in total. The summed E-state index contributed by atoms with van der Waals surface area (Å²) in [6, 6.07) is 2.51. The first kappa shape index (κ1) is 35.3. The molecule has 2 aromatic rings. The van der Waals surface area contributed by atoms with Gasteiger partial charge < -0.3 is 29.7 Å². The molecular weight excluding hydrogens is 688 g/mol. The zero-order chi connectivity index (χ0) is 36.5. The van der Waals surface area contributed by atoms with Gasteiger partial charge in [0.15, 0.2) is 6.10 Å². The number of hydrogen-bond donors (Lipinski definition) is 2. The maximum atomic E-state index is 16.2. The molecule has 2 saturated carbocycles. The van der Waals surface area contributed by atoms with Gasteiger partial charge in [-0.25, -0.2) is 4.39 Å². The topological polar surface area (TPSA) is 127 Å². The number of aromatic nitrogens is 2. The molecular formula is C36H44F4N6O6. The van der Waals surface area contributed by atoms with Crippen LogP contribution in [0.1, 0.15) is 74.0 Å². The first-order valence-corrected chi connectivity index (χ1v) is 18.3. The first-order valence-electron chi connectivity index (χ1n) is 18.3. The van der Waals surface area contributed by atoms with Gasteiger partial charge in [0.05, 0.1) is 37.5 Å². The van der Waals surface area contributed by atoms with Gasteiger partial charge in [-0.1, -0.05) is 0 Å². The van der Waals surface area contributed by atoms with Gasteiger partial charge in [0.2, 0.25) is 5.91 Å². The van der Waals surface area contributed by atoms with Crippen LogP contribution in [0.4, 0.5) is 23.2 Å². The van der Waals surface area contributed by atoms with Gasteiger partial charge in [-0.3, -0.25) is 24.0 Å². The molecule has 0 radical (unpaired) electrons. The number of rotatable bonds is 9. The molecule has 16 heteroatoms. The summed E-state index contributed by atoms with van der Waals surface area (Å²) in [5, 5.41) is 9.72. The minimum Gasteiger partial charge on any atom is -0.487 e. The molecule has 52 heavy (non-hydrogen) atoms. The quantitative estimate of drug-likeness (QED) is 0.372. The van der Waals surface area contributed by atoms with Crippen molar-refractivity contribution in [3.63, 3.8) is 0 Å². The van der Waals surface area contributed by atoms with Gasteiger partial charge in [-0.05, 0) is 75.3 Å². The molecule has 282 valence electrons. The Labute approximate surface area is 298 Å². The van der Waals surface area contributed by atoms with Crippen LogP contribution in [0, 0.1) is 23.6 Å². The molecule has 2 aliphatic carbocycles. The lowest BCUT2D eigenvalue weighted by Gasteiger charge is -2.52. The Kier molecular flexibility index (Phi) is 9.00. The molecule has 6 aliphatic rings. The molecule has 8 rings (SSSR count). The maximum absolute atomic E-state index is 16.2. The van der Waals surface area contributed by atoms with Gasteiger partial charge in [0.25, 0.3) is 11.8 Å². The highest BCUT2D eigenvalue weighted by Crippen LogP contribution is 2.52. The molecule has 1 aromatic heterocycles. The monoisotopic (exact) mass is 732 g/mol. The molecule has 4 atom stereocenters. The lowest BCUT2D eigenvalue weighted by molar-refractivity contribution is -0.250. The van der Waals surface area contributed by atoms with Crippen molar-refractivity contribution in [1.82, 2.24) is 24.9 Å². The number of anilines is 1. The largest absolute Gasteiger partial charge is 0.487 e. The van der Waals surface area contributed by atoms with E-state index in [1.54, 1.807) is 13.1 Å². The molecule has 1 aromatic carbocycles. The molecule has 4 aliphatic heterocycles. The molecule has 3 saturated heterocycles. The van der Waals surface area contributed by atoms with E-state index in [-0.39, 0.29) is 52.9 Å². The van der Waals surface area contributed by atoms with Crippen LogP contribution in [0.15, 0.2) is 24.4 Å². The number of amides is 3. The highest BCUT2D eigenvalue weighted by molar-refractivity contribution is 6.01. The average Bonchev–Trinajstić information content (AvgIpc) is 4.02. The normalized spacial score (nSPS) is 27.2. The van der Waals surface area contributed by atoms with Crippen LogP contribution < -0.4 is 15.4 Å². The lowest BCUT2D eigenvalue weighted by atomic mass is 9.79. The minimum absolute atomic E-state index is 0.121. The minimum atomic E-state index is -4.71. The zero-order valence-corrected chi connectivity index (χ0v) is 29.2. The van der Waals surface area contributed by atoms with Crippen molar-refractivity contribution < 1.29 is 46.2 Å². The number of nitrogens with one attached hydrogen (secondary N) is 2. The number of aryl methyl sites for hydroxylation is 1. The van der Waals surface area contributed by atoms with E-state index in [9.17, 15) is 27.6 Å². The van der Waals surface area contributed by atoms with E-state index in [1.807, 2.05) is 0 Å². The van der Waals surface area contributed by atoms with E-state index in [0.717, 1.165) is 31.7 Å². The Morgan fingerprint density at radius 1 is 1.08 bits per heavy atom. The number of benzene rings is 1. The number of carbonyl (C=O) groups is 3. The summed E-state index contributed by atoms with van der Waals surface area (Å²) in [5.74, 6) is -1.88. The standard InChI is InChI=1S/C36H44F4N6O6/c1-19-34(49)46(16-29(51-19)36(38,39)40)27-15-35(8-11-45(12-9-35)22-17-50-18-22)52-28-14-25(24(37)13-23(27)28)42-33(48)31(30(20-3-4-20)21-5-6-21)43-32(47)26-7-10-41-44(26)2/h7,10,13-14,19-22,27,29-31H,3-6,8-9,11-12,15-18H2,1-2H3,(H,42,48)(H,43,47)/t19-,27?,29-,31-/m0/s1. The Morgan fingerprint density at radius 3 is 2.35 bits per heavy atom. The van der Waals surface area contributed by atoms with Crippen molar-refractivity contribution in [3.05, 3.63) is 41.5 Å². The van der Waals surface area contributed by atoms with Crippen molar-refractivity contribution in [2.75, 3.05) is 38.2 Å². The van der Waals surface area contributed by atoms with Crippen LogP contribution in [0.3, 0.4) is 0 Å². The number of alkyl halides is 3. The second-order valence-corrected chi connectivity index (χ2v) is 15.4. The Bertz CT molecular complexity index is 1700. The third kappa shape index (κ3) is 6.77. The van der Waals surface area contributed by atoms with E-state index in [4.69, 9.17) is 14.2 Å². The summed E-state index contributed by atoms with van der Waals surface area (Å²) in [6.45, 7) is 3.13. The van der Waals surface area contributed by atoms with Crippen molar-refractivity contribution in [1.29, 1.82) is 0 Å². The number of fused-ring (bicyclic) bond motifs is 1. The first-order chi connectivity index (χ1) is 24.8. The van der Waals surface area contributed by atoms with Crippen LogP contribution >= 0.6 is 0 Å². The van der Waals surface area contributed by atoms with Gasteiger partial charge in [-0.2, -0.15) is 18.3 Å². The molecule has 1 unspecified atom stereocenters. The summed E-state index contributed by atoms with van der Waals surface area (Å²) in [5.41, 5.74) is -0.517. The fraction of sp³-hybridized carbons (Fsp3) is 0.667. The van der Waals surface area contributed by atoms with Crippen LogP contribution in [-0.4, -0.2) is 106 Å². The highest BCUT2D eigenvalue weighted by atomic mass is 19.4. The van der Waals surface area contributed by atoms with Crippen molar-refractivity contribution >= 4 is 23.4 Å². The van der Waals surface area contributed by atoms with Crippen molar-refractivity contribution in [2.24, 2.45) is 24.8 Å². The number of piperidine rings is 1. The number of morpholine rings is 1. The maximum Gasteiger partial charge on any atom is 0.416 e. The van der Waals surface area contributed by atoms with Crippen molar-refractivity contribution in [3.8, 4) is 5.75 Å². The SMILES string of the molecule is C[C@@H]1O[C@H](C(F)(F)F)CN(C2CC3(CCN(C4COC4)CC3)Oc3cc(NC(=O)[C@@H](NC(=O)c4ccnn4C)C(C4CC4)C4CC4)c(F)cc32)C1=O. The third-order valence-corrected chi connectivity index (χ3v) is 11.9. The molecule has 0 bridgehead atoms. The highest BCUT2D eigenvalue weighted by Gasteiger charge is 2.53. The lowest BCUT2D eigenvalue weighted by Crippen LogP contribution is -2.60. The van der Waals surface area contributed by atoms with Gasteiger partial charge in [0.1, 0.15) is 35.0 Å². The number of halogens is 4. The second kappa shape index (κ2) is 13.3. The van der Waals surface area contributed by atoms with E-state index >= 15 is 4.39 Å². The Morgan fingerprint density at radius 2 is 1.77 bits per heavy atom. The summed E-state index contributed by atoms with van der Waals surface area (Å²) in [4.78, 5) is 44.5. The summed E-state index contributed by atoms with van der Waals surface area (Å²) in [6.07, 6.45) is -1.77. The number of carbonyl (C=O) groups excluding carboxylic acids is 3. The summed E-state index contributed by atoms with van der Waals surface area (Å²) >= 11 is 0. The van der Waals surface area contributed by atoms with E-state index in [2.05, 4.69) is 20.6 Å². The zero-order valence-electron chi connectivity index (χ0n) is 29.2. The smallest absolute Gasteiger partial charge is 0.416 e. The van der Waals surface area contributed by atoms with E-state index in [1.165, 1.54) is 28.8 Å².